The van der Waals surface area contributed by atoms with Gasteiger partial charge in [0, 0.05) is 37.7 Å². The minimum Gasteiger partial charge on any atom is -0.296 e. The van der Waals surface area contributed by atoms with Crippen LogP contribution in [0.15, 0.2) is 41.3 Å². The van der Waals surface area contributed by atoms with Crippen LogP contribution in [0, 0.1) is 20.8 Å². The average molecular weight is 393 g/mol. The van der Waals surface area contributed by atoms with Crippen LogP contribution in [0.3, 0.4) is 0 Å². The minimum atomic E-state index is -3.49. The van der Waals surface area contributed by atoms with Gasteiger partial charge in [-0.3, -0.25) is 4.90 Å². The van der Waals surface area contributed by atoms with Gasteiger partial charge in [0.05, 0.1) is 4.90 Å². The Morgan fingerprint density at radius 2 is 1.65 bits per heavy atom. The molecule has 3 rings (SSSR count). The van der Waals surface area contributed by atoms with Crippen LogP contribution in [0.2, 0.25) is 5.02 Å². The van der Waals surface area contributed by atoms with Gasteiger partial charge in [0.15, 0.2) is 0 Å². The van der Waals surface area contributed by atoms with Crippen LogP contribution >= 0.6 is 11.6 Å². The van der Waals surface area contributed by atoms with Crippen LogP contribution in [0.4, 0.5) is 0 Å². The quantitative estimate of drug-likeness (QED) is 0.795. The molecule has 140 valence electrons. The summed E-state index contributed by atoms with van der Waals surface area (Å²) in [5.74, 6) is 0. The molecule has 1 fully saturated rings. The molecule has 0 N–H and O–H groups in total. The number of nitrogens with zero attached hydrogens (tertiary/aromatic N) is 2. The summed E-state index contributed by atoms with van der Waals surface area (Å²) in [6.45, 7) is 9.06. The largest absolute Gasteiger partial charge is 0.296 e. The van der Waals surface area contributed by atoms with Crippen LogP contribution in [0.1, 0.15) is 22.3 Å². The maximum Gasteiger partial charge on any atom is 0.243 e. The van der Waals surface area contributed by atoms with Crippen molar-refractivity contribution < 1.29 is 8.42 Å². The highest BCUT2D eigenvalue weighted by molar-refractivity contribution is 7.89. The van der Waals surface area contributed by atoms with Gasteiger partial charge in [-0.25, -0.2) is 8.42 Å². The zero-order valence-corrected chi connectivity index (χ0v) is 17.1. The Morgan fingerprint density at radius 3 is 2.31 bits per heavy atom. The molecule has 2 aromatic carbocycles. The standard InChI is InChI=1S/C20H25ClN2O2S/c1-15-5-4-6-18(11-15)14-22-7-9-23(10-8-22)26(24,25)20-13-16(2)19(21)12-17(20)3/h4-6,11-13H,7-10,14H2,1-3H3. The predicted octanol–water partition coefficient (Wildman–Crippen LogP) is 3.77. The van der Waals surface area contributed by atoms with Crippen LogP contribution < -0.4 is 0 Å². The molecule has 0 bridgehead atoms. The number of benzene rings is 2. The second-order valence-corrected chi connectivity index (χ2v) is 9.35. The van der Waals surface area contributed by atoms with E-state index in [2.05, 4.69) is 36.1 Å². The van der Waals surface area contributed by atoms with Crippen LogP contribution in [0.25, 0.3) is 0 Å². The third-order valence-electron chi connectivity index (χ3n) is 4.89. The van der Waals surface area contributed by atoms with Crippen LogP contribution in [-0.2, 0) is 16.6 Å². The number of sulfonamides is 1. The third kappa shape index (κ3) is 4.12. The van der Waals surface area contributed by atoms with Gasteiger partial charge >= 0.3 is 0 Å². The number of hydrogen-bond donors (Lipinski definition) is 0. The van der Waals surface area contributed by atoms with Crippen LogP contribution in [0.5, 0.6) is 0 Å². The molecule has 0 saturated carbocycles. The van der Waals surface area contributed by atoms with Gasteiger partial charge in [-0.1, -0.05) is 41.4 Å². The molecule has 26 heavy (non-hydrogen) atoms. The topological polar surface area (TPSA) is 40.6 Å². The Balaban J connectivity index is 1.70. The molecular formula is C20H25ClN2O2S. The van der Waals surface area contributed by atoms with Gasteiger partial charge in [-0.2, -0.15) is 4.31 Å². The van der Waals surface area contributed by atoms with E-state index in [4.69, 9.17) is 11.6 Å². The molecule has 0 spiro atoms. The summed E-state index contributed by atoms with van der Waals surface area (Å²) in [6.07, 6.45) is 0. The maximum absolute atomic E-state index is 13.0. The summed E-state index contributed by atoms with van der Waals surface area (Å²) in [5, 5.41) is 0.601. The lowest BCUT2D eigenvalue weighted by Crippen LogP contribution is -2.48. The first-order valence-electron chi connectivity index (χ1n) is 8.82. The zero-order valence-electron chi connectivity index (χ0n) is 15.5. The van der Waals surface area contributed by atoms with E-state index in [1.807, 2.05) is 6.92 Å². The van der Waals surface area contributed by atoms with Gasteiger partial charge in [-0.15, -0.1) is 0 Å². The van der Waals surface area contributed by atoms with Crippen molar-refractivity contribution in [3.8, 4) is 0 Å². The van der Waals surface area contributed by atoms with E-state index in [0.29, 0.717) is 28.6 Å². The van der Waals surface area contributed by atoms with Crippen molar-refractivity contribution in [1.29, 1.82) is 0 Å². The molecule has 1 saturated heterocycles. The second-order valence-electron chi connectivity index (χ2n) is 7.04. The number of halogens is 1. The van der Waals surface area contributed by atoms with E-state index in [1.165, 1.54) is 11.1 Å². The molecule has 1 aliphatic rings. The molecule has 1 heterocycles. The van der Waals surface area contributed by atoms with Gasteiger partial charge in [0.1, 0.15) is 0 Å². The van der Waals surface area contributed by atoms with E-state index in [9.17, 15) is 8.42 Å². The third-order valence-corrected chi connectivity index (χ3v) is 7.34. The van der Waals surface area contributed by atoms with Crippen LogP contribution in [-0.4, -0.2) is 43.8 Å². The van der Waals surface area contributed by atoms with E-state index in [1.54, 1.807) is 23.4 Å². The van der Waals surface area contributed by atoms with Gasteiger partial charge in [-0.05, 0) is 49.6 Å². The van der Waals surface area contributed by atoms with Gasteiger partial charge < -0.3 is 0 Å². The molecule has 0 amide bonds. The molecule has 0 aromatic heterocycles. The fourth-order valence-corrected chi connectivity index (χ4v) is 5.30. The number of hydrogen-bond acceptors (Lipinski definition) is 3. The van der Waals surface area contributed by atoms with E-state index < -0.39 is 10.0 Å². The fraction of sp³-hybridized carbons (Fsp3) is 0.400. The van der Waals surface area contributed by atoms with Crippen molar-refractivity contribution in [1.82, 2.24) is 9.21 Å². The summed E-state index contributed by atoms with van der Waals surface area (Å²) >= 11 is 6.11. The van der Waals surface area contributed by atoms with Gasteiger partial charge in [0.2, 0.25) is 10.0 Å². The van der Waals surface area contributed by atoms with Crippen molar-refractivity contribution in [2.75, 3.05) is 26.2 Å². The SMILES string of the molecule is Cc1cccc(CN2CCN(S(=O)(=O)c3cc(C)c(Cl)cc3C)CC2)c1. The summed E-state index contributed by atoms with van der Waals surface area (Å²) in [5.41, 5.74) is 4.00. The Morgan fingerprint density at radius 1 is 0.962 bits per heavy atom. The molecule has 4 nitrogen and oxygen atoms in total. The highest BCUT2D eigenvalue weighted by Crippen LogP contribution is 2.27. The number of piperazine rings is 1. The highest BCUT2D eigenvalue weighted by atomic mass is 35.5. The first-order chi connectivity index (χ1) is 12.3. The Bertz CT molecular complexity index is 904. The molecular weight excluding hydrogens is 368 g/mol. The monoisotopic (exact) mass is 392 g/mol. The van der Waals surface area contributed by atoms with E-state index in [0.717, 1.165) is 25.2 Å². The van der Waals surface area contributed by atoms with E-state index in [-0.39, 0.29) is 0 Å². The van der Waals surface area contributed by atoms with Gasteiger partial charge in [0.25, 0.3) is 0 Å². The molecule has 6 heteroatoms. The Kier molecular flexibility index (Phi) is 5.72. The smallest absolute Gasteiger partial charge is 0.243 e. The lowest BCUT2D eigenvalue weighted by Gasteiger charge is -2.34. The molecule has 0 atom stereocenters. The first-order valence-corrected chi connectivity index (χ1v) is 10.6. The predicted molar refractivity (Wildman–Crippen MR) is 106 cm³/mol. The average Bonchev–Trinajstić information content (AvgIpc) is 2.58. The maximum atomic E-state index is 13.0. The highest BCUT2D eigenvalue weighted by Gasteiger charge is 2.30. The summed E-state index contributed by atoms with van der Waals surface area (Å²) in [7, 11) is -3.49. The minimum absolute atomic E-state index is 0.367. The lowest BCUT2D eigenvalue weighted by atomic mass is 10.1. The molecule has 0 radical (unpaired) electrons. The van der Waals surface area contributed by atoms with Crippen molar-refractivity contribution >= 4 is 21.6 Å². The summed E-state index contributed by atoms with van der Waals surface area (Å²) in [6, 6.07) is 11.9. The zero-order chi connectivity index (χ0) is 18.9. The van der Waals surface area contributed by atoms with Crippen molar-refractivity contribution in [2.24, 2.45) is 0 Å². The molecule has 0 unspecified atom stereocenters. The first kappa shape index (κ1) is 19.4. The Hall–Kier alpha value is -1.40. The summed E-state index contributed by atoms with van der Waals surface area (Å²) < 4.78 is 27.7. The molecule has 0 aliphatic carbocycles. The number of rotatable bonds is 4. The van der Waals surface area contributed by atoms with E-state index >= 15 is 0 Å². The van der Waals surface area contributed by atoms with Crippen molar-refractivity contribution in [2.45, 2.75) is 32.2 Å². The Labute approximate surface area is 161 Å². The van der Waals surface area contributed by atoms with Crippen molar-refractivity contribution in [3.05, 3.63) is 63.7 Å². The second kappa shape index (κ2) is 7.69. The molecule has 2 aromatic rings. The fourth-order valence-electron chi connectivity index (χ4n) is 3.37. The summed E-state index contributed by atoms with van der Waals surface area (Å²) in [4.78, 5) is 2.67. The lowest BCUT2D eigenvalue weighted by molar-refractivity contribution is 0.181. The van der Waals surface area contributed by atoms with Crippen molar-refractivity contribution in [3.63, 3.8) is 0 Å². The molecule has 1 aliphatic heterocycles. The number of aryl methyl sites for hydroxylation is 3. The normalized spacial score (nSPS) is 16.8.